The molecule has 0 radical (unpaired) electrons. The molecule has 1 aliphatic rings. The number of aliphatic carboxylic acids is 1. The Balaban J connectivity index is 2.57. The standard InChI is InChI=1S/C15H18O4/c1-19-12-6-5-11(10-16)13(9-12)15(14(17)18)7-3-2-4-8-15/h5-6,9-10H,2-4,7-8H2,1H3,(H,17,18). The molecule has 0 unspecified atom stereocenters. The fraction of sp³-hybridized carbons (Fsp3) is 0.467. The lowest BCUT2D eigenvalue weighted by Gasteiger charge is -2.34. The number of ether oxygens (including phenoxy) is 1. The van der Waals surface area contributed by atoms with Gasteiger partial charge in [0.15, 0.2) is 0 Å². The summed E-state index contributed by atoms with van der Waals surface area (Å²) in [6.07, 6.45) is 4.69. The van der Waals surface area contributed by atoms with Gasteiger partial charge in [0.2, 0.25) is 0 Å². The van der Waals surface area contributed by atoms with Crippen LogP contribution in [0.3, 0.4) is 0 Å². The first-order chi connectivity index (χ1) is 9.14. The van der Waals surface area contributed by atoms with Crippen molar-refractivity contribution in [2.45, 2.75) is 37.5 Å². The molecule has 1 aromatic rings. The van der Waals surface area contributed by atoms with Gasteiger partial charge in [-0.25, -0.2) is 0 Å². The zero-order valence-corrected chi connectivity index (χ0v) is 11.0. The molecule has 19 heavy (non-hydrogen) atoms. The summed E-state index contributed by atoms with van der Waals surface area (Å²) in [7, 11) is 1.54. The maximum atomic E-state index is 11.8. The molecule has 1 fully saturated rings. The summed E-state index contributed by atoms with van der Waals surface area (Å²) >= 11 is 0. The van der Waals surface area contributed by atoms with Crippen molar-refractivity contribution in [1.29, 1.82) is 0 Å². The highest BCUT2D eigenvalue weighted by Crippen LogP contribution is 2.42. The number of rotatable bonds is 4. The van der Waals surface area contributed by atoms with Crippen molar-refractivity contribution in [3.05, 3.63) is 29.3 Å². The van der Waals surface area contributed by atoms with Crippen molar-refractivity contribution in [3.8, 4) is 5.75 Å². The minimum absolute atomic E-state index is 0.449. The van der Waals surface area contributed by atoms with Crippen molar-refractivity contribution in [1.82, 2.24) is 0 Å². The topological polar surface area (TPSA) is 63.6 Å². The predicted octanol–water partition coefficient (Wildman–Crippen LogP) is 2.79. The van der Waals surface area contributed by atoms with Crippen LogP contribution < -0.4 is 4.74 Å². The summed E-state index contributed by atoms with van der Waals surface area (Å²) < 4.78 is 5.16. The number of carboxylic acid groups (broad SMARTS) is 1. The molecule has 0 amide bonds. The van der Waals surface area contributed by atoms with Crippen LogP contribution in [0.25, 0.3) is 0 Å². The first kappa shape index (κ1) is 13.6. The molecular formula is C15H18O4. The molecular weight excluding hydrogens is 244 g/mol. The number of benzene rings is 1. The molecule has 0 heterocycles. The molecule has 102 valence electrons. The summed E-state index contributed by atoms with van der Waals surface area (Å²) in [5.74, 6) is -0.254. The maximum Gasteiger partial charge on any atom is 0.314 e. The van der Waals surface area contributed by atoms with E-state index in [1.807, 2.05) is 0 Å². The largest absolute Gasteiger partial charge is 0.497 e. The lowest BCUT2D eigenvalue weighted by Crippen LogP contribution is -2.38. The lowest BCUT2D eigenvalue weighted by molar-refractivity contribution is -0.145. The average Bonchev–Trinajstić information content (AvgIpc) is 2.47. The van der Waals surface area contributed by atoms with Crippen LogP contribution in [0.15, 0.2) is 18.2 Å². The number of methoxy groups -OCH3 is 1. The van der Waals surface area contributed by atoms with E-state index in [0.29, 0.717) is 29.7 Å². The number of aldehydes is 1. The Bertz CT molecular complexity index is 487. The van der Waals surface area contributed by atoms with Gasteiger partial charge < -0.3 is 9.84 Å². The molecule has 1 N–H and O–H groups in total. The smallest absolute Gasteiger partial charge is 0.314 e. The van der Waals surface area contributed by atoms with Crippen LogP contribution in [-0.4, -0.2) is 24.5 Å². The van der Waals surface area contributed by atoms with Gasteiger partial charge in [-0.3, -0.25) is 9.59 Å². The van der Waals surface area contributed by atoms with Crippen LogP contribution in [0.2, 0.25) is 0 Å². The molecule has 0 saturated heterocycles. The van der Waals surface area contributed by atoms with Gasteiger partial charge in [0, 0.05) is 5.56 Å². The van der Waals surface area contributed by atoms with Crippen LogP contribution in [0.1, 0.15) is 48.0 Å². The van der Waals surface area contributed by atoms with E-state index in [9.17, 15) is 14.7 Å². The number of carbonyl (C=O) groups is 2. The fourth-order valence-corrected chi connectivity index (χ4v) is 2.93. The minimum Gasteiger partial charge on any atom is -0.497 e. The van der Waals surface area contributed by atoms with E-state index < -0.39 is 11.4 Å². The average molecular weight is 262 g/mol. The highest BCUT2D eigenvalue weighted by atomic mass is 16.5. The van der Waals surface area contributed by atoms with E-state index in [-0.39, 0.29) is 0 Å². The Labute approximate surface area is 112 Å². The molecule has 0 bridgehead atoms. The summed E-state index contributed by atoms with van der Waals surface area (Å²) in [5, 5.41) is 9.67. The number of hydrogen-bond donors (Lipinski definition) is 1. The SMILES string of the molecule is COc1ccc(C=O)c(C2(C(=O)O)CCCCC2)c1. The molecule has 0 atom stereocenters. The van der Waals surface area contributed by atoms with Crippen LogP contribution in [0, 0.1) is 0 Å². The van der Waals surface area contributed by atoms with Crippen LogP contribution in [0.4, 0.5) is 0 Å². The predicted molar refractivity (Wildman–Crippen MR) is 70.8 cm³/mol. The van der Waals surface area contributed by atoms with Crippen LogP contribution >= 0.6 is 0 Å². The van der Waals surface area contributed by atoms with Crippen molar-refractivity contribution >= 4 is 12.3 Å². The Morgan fingerprint density at radius 1 is 1.32 bits per heavy atom. The molecule has 0 aromatic heterocycles. The molecule has 4 nitrogen and oxygen atoms in total. The summed E-state index contributed by atoms with van der Waals surface area (Å²) in [4.78, 5) is 23.0. The van der Waals surface area contributed by atoms with Gasteiger partial charge in [0.1, 0.15) is 12.0 Å². The molecule has 1 aromatic carbocycles. The third-order valence-electron chi connectivity index (χ3n) is 4.02. The van der Waals surface area contributed by atoms with Crippen molar-refractivity contribution in [2.24, 2.45) is 0 Å². The van der Waals surface area contributed by atoms with Gasteiger partial charge in [-0.2, -0.15) is 0 Å². The zero-order chi connectivity index (χ0) is 13.9. The second-order valence-electron chi connectivity index (χ2n) is 5.02. The van der Waals surface area contributed by atoms with Gasteiger partial charge in [-0.15, -0.1) is 0 Å². The van der Waals surface area contributed by atoms with Crippen molar-refractivity contribution in [3.63, 3.8) is 0 Å². The van der Waals surface area contributed by atoms with Crippen molar-refractivity contribution < 1.29 is 19.4 Å². The highest BCUT2D eigenvalue weighted by Gasteiger charge is 2.42. The third-order valence-corrected chi connectivity index (χ3v) is 4.02. The maximum absolute atomic E-state index is 11.8. The van der Waals surface area contributed by atoms with Gasteiger partial charge in [-0.1, -0.05) is 19.3 Å². The molecule has 1 aliphatic carbocycles. The van der Waals surface area contributed by atoms with Crippen LogP contribution in [-0.2, 0) is 10.2 Å². The molecule has 0 aliphatic heterocycles. The Morgan fingerprint density at radius 2 is 2.00 bits per heavy atom. The Hall–Kier alpha value is -1.84. The zero-order valence-electron chi connectivity index (χ0n) is 11.0. The summed E-state index contributed by atoms with van der Waals surface area (Å²) in [6.45, 7) is 0. The second kappa shape index (κ2) is 5.43. The summed E-state index contributed by atoms with van der Waals surface area (Å²) in [5.41, 5.74) is 0.0994. The normalized spacial score (nSPS) is 17.7. The number of carbonyl (C=O) groups excluding carboxylic acids is 1. The molecule has 1 saturated carbocycles. The molecule has 4 heteroatoms. The monoisotopic (exact) mass is 262 g/mol. The van der Waals surface area contributed by atoms with Gasteiger partial charge in [-0.05, 0) is 36.6 Å². The minimum atomic E-state index is -0.941. The first-order valence-corrected chi connectivity index (χ1v) is 6.51. The van der Waals surface area contributed by atoms with Gasteiger partial charge in [0.05, 0.1) is 12.5 Å². The van der Waals surface area contributed by atoms with Gasteiger partial charge in [0.25, 0.3) is 0 Å². The van der Waals surface area contributed by atoms with E-state index in [1.165, 1.54) is 7.11 Å². The Kier molecular flexibility index (Phi) is 3.88. The first-order valence-electron chi connectivity index (χ1n) is 6.51. The Morgan fingerprint density at radius 3 is 2.53 bits per heavy atom. The molecule has 2 rings (SSSR count). The van der Waals surface area contributed by atoms with E-state index in [4.69, 9.17) is 4.74 Å². The fourth-order valence-electron chi connectivity index (χ4n) is 2.93. The quantitative estimate of drug-likeness (QED) is 0.847. The van der Waals surface area contributed by atoms with E-state index in [0.717, 1.165) is 25.5 Å². The van der Waals surface area contributed by atoms with Crippen molar-refractivity contribution in [2.75, 3.05) is 7.11 Å². The van der Waals surface area contributed by atoms with E-state index in [1.54, 1.807) is 18.2 Å². The highest BCUT2D eigenvalue weighted by molar-refractivity contribution is 5.87. The van der Waals surface area contributed by atoms with Crippen LogP contribution in [0.5, 0.6) is 5.75 Å². The number of hydrogen-bond acceptors (Lipinski definition) is 3. The summed E-state index contributed by atoms with van der Waals surface area (Å²) in [6, 6.07) is 5.02. The lowest BCUT2D eigenvalue weighted by atomic mass is 9.68. The number of carboxylic acids is 1. The van der Waals surface area contributed by atoms with E-state index in [2.05, 4.69) is 0 Å². The molecule has 0 spiro atoms. The third kappa shape index (κ3) is 2.35. The van der Waals surface area contributed by atoms with E-state index >= 15 is 0 Å². The second-order valence-corrected chi connectivity index (χ2v) is 5.02. The van der Waals surface area contributed by atoms with Gasteiger partial charge >= 0.3 is 5.97 Å².